The maximum absolute atomic E-state index is 11.7. The van der Waals surface area contributed by atoms with Crippen LogP contribution in [-0.2, 0) is 23.2 Å². The molecule has 0 radical (unpaired) electrons. The molecule has 118 valence electrons. The van der Waals surface area contributed by atoms with Crippen LogP contribution in [0.3, 0.4) is 0 Å². The van der Waals surface area contributed by atoms with Crippen LogP contribution in [0.1, 0.15) is 13.8 Å². The number of hydrogen-bond donors (Lipinski definition) is 4. The minimum Gasteiger partial charge on any atom is -0.391 e. The molecule has 0 unspecified atom stereocenters. The van der Waals surface area contributed by atoms with E-state index in [0.717, 1.165) is 14.2 Å². The smallest absolute Gasteiger partial charge is 0.391 e. The molecule has 4 N–H and O–H groups in total. The SMILES string of the molecule is CO[P+](O)(OC)OCC(=O)[C@@H](O)[C@@H](NC(C)=O)[C@H](C)O. The van der Waals surface area contributed by atoms with Gasteiger partial charge in [-0.15, -0.1) is 4.52 Å². The van der Waals surface area contributed by atoms with Crippen LogP contribution in [0.25, 0.3) is 0 Å². The zero-order valence-electron chi connectivity index (χ0n) is 11.8. The standard InChI is InChI=1S/C10H20NO8P/c1-6(12)9(11-7(2)13)10(15)8(14)5-19-20(16,17-3)18-4/h6,9-10,12,15-16H,5H2,1-4H3/p+1/t6-,9-,10+/m0/s1. The second kappa shape index (κ2) is 8.58. The molecule has 0 saturated carbocycles. The largest absolute Gasteiger partial charge is 0.572 e. The highest BCUT2D eigenvalue weighted by atomic mass is 31.2. The van der Waals surface area contributed by atoms with E-state index < -0.39 is 44.7 Å². The fourth-order valence-electron chi connectivity index (χ4n) is 1.31. The maximum atomic E-state index is 11.7. The summed E-state index contributed by atoms with van der Waals surface area (Å²) in [5, 5.41) is 21.5. The predicted molar refractivity (Wildman–Crippen MR) is 69.4 cm³/mol. The molecular weight excluding hydrogens is 293 g/mol. The molecule has 0 spiro atoms. The van der Waals surface area contributed by atoms with Crippen molar-refractivity contribution < 1.29 is 38.3 Å². The van der Waals surface area contributed by atoms with Crippen molar-refractivity contribution in [3.05, 3.63) is 0 Å². The molecule has 3 atom stereocenters. The lowest BCUT2D eigenvalue weighted by Crippen LogP contribution is -2.53. The number of ketones is 1. The van der Waals surface area contributed by atoms with Crippen LogP contribution >= 0.6 is 8.17 Å². The van der Waals surface area contributed by atoms with Gasteiger partial charge in [0.1, 0.15) is 6.10 Å². The van der Waals surface area contributed by atoms with Crippen molar-refractivity contribution in [3.63, 3.8) is 0 Å². The number of aliphatic hydroxyl groups is 2. The number of rotatable bonds is 9. The Balaban J connectivity index is 4.62. The summed E-state index contributed by atoms with van der Waals surface area (Å²) in [5.41, 5.74) is 0. The first-order valence-electron chi connectivity index (χ1n) is 5.70. The van der Waals surface area contributed by atoms with Gasteiger partial charge in [-0.25, -0.2) is 0 Å². The summed E-state index contributed by atoms with van der Waals surface area (Å²) in [6.45, 7) is 1.80. The Morgan fingerprint density at radius 1 is 1.25 bits per heavy atom. The summed E-state index contributed by atoms with van der Waals surface area (Å²) in [6, 6.07) is -1.18. The fraction of sp³-hybridized carbons (Fsp3) is 0.800. The lowest BCUT2D eigenvalue weighted by Gasteiger charge is -2.25. The predicted octanol–water partition coefficient (Wildman–Crippen LogP) is -1.22. The molecular formula is C10H21NO8P+. The summed E-state index contributed by atoms with van der Waals surface area (Å²) in [7, 11) is -1.32. The Morgan fingerprint density at radius 2 is 1.75 bits per heavy atom. The van der Waals surface area contributed by atoms with Gasteiger partial charge in [0.05, 0.1) is 26.4 Å². The van der Waals surface area contributed by atoms with E-state index in [1.54, 1.807) is 0 Å². The third-order valence-corrected chi connectivity index (χ3v) is 3.77. The fourth-order valence-corrected chi connectivity index (χ4v) is 1.96. The second-order valence-electron chi connectivity index (χ2n) is 3.99. The average molecular weight is 314 g/mol. The van der Waals surface area contributed by atoms with E-state index in [0.29, 0.717) is 0 Å². The Labute approximate surface area is 117 Å². The quantitative estimate of drug-likeness (QED) is 0.389. The second-order valence-corrected chi connectivity index (χ2v) is 5.91. The van der Waals surface area contributed by atoms with E-state index in [9.17, 15) is 24.7 Å². The van der Waals surface area contributed by atoms with Crippen LogP contribution in [0.5, 0.6) is 0 Å². The van der Waals surface area contributed by atoms with E-state index in [1.807, 2.05) is 0 Å². The molecule has 0 aliphatic rings. The maximum Gasteiger partial charge on any atom is 0.572 e. The molecule has 0 aliphatic heterocycles. The number of nitrogens with one attached hydrogen (secondary N) is 1. The summed E-state index contributed by atoms with van der Waals surface area (Å²) in [5.74, 6) is -1.36. The first-order valence-corrected chi connectivity index (χ1v) is 7.20. The van der Waals surface area contributed by atoms with Crippen molar-refractivity contribution in [1.29, 1.82) is 0 Å². The van der Waals surface area contributed by atoms with Gasteiger partial charge in [-0.05, 0) is 6.92 Å². The van der Waals surface area contributed by atoms with Crippen LogP contribution in [0.15, 0.2) is 0 Å². The molecule has 0 fully saturated rings. The highest BCUT2D eigenvalue weighted by Gasteiger charge is 2.43. The highest BCUT2D eigenvalue weighted by Crippen LogP contribution is 2.56. The van der Waals surface area contributed by atoms with Gasteiger partial charge in [-0.2, -0.15) is 13.9 Å². The van der Waals surface area contributed by atoms with E-state index in [-0.39, 0.29) is 0 Å². The molecule has 0 aromatic heterocycles. The van der Waals surface area contributed by atoms with Crippen LogP contribution in [0, 0.1) is 0 Å². The van der Waals surface area contributed by atoms with Gasteiger partial charge in [0.25, 0.3) is 0 Å². The van der Waals surface area contributed by atoms with Gasteiger partial charge in [0.2, 0.25) is 5.91 Å². The molecule has 0 rings (SSSR count). The molecule has 10 heteroatoms. The third kappa shape index (κ3) is 6.19. The monoisotopic (exact) mass is 314 g/mol. The first-order chi connectivity index (χ1) is 9.16. The van der Waals surface area contributed by atoms with Gasteiger partial charge in [-0.1, -0.05) is 0 Å². The summed E-state index contributed by atoms with van der Waals surface area (Å²) in [6.07, 6.45) is -2.85. The van der Waals surface area contributed by atoms with E-state index in [4.69, 9.17) is 4.52 Å². The van der Waals surface area contributed by atoms with Crippen LogP contribution in [-0.4, -0.2) is 65.9 Å². The Hall–Kier alpha value is -0.670. The van der Waals surface area contributed by atoms with E-state index >= 15 is 0 Å². The molecule has 0 saturated heterocycles. The number of carbonyl (C=O) groups is 2. The van der Waals surface area contributed by atoms with Crippen molar-refractivity contribution in [3.8, 4) is 0 Å². The molecule has 0 heterocycles. The minimum atomic E-state index is -3.59. The number of aliphatic hydroxyl groups excluding tert-OH is 2. The van der Waals surface area contributed by atoms with E-state index in [2.05, 4.69) is 14.4 Å². The number of amides is 1. The molecule has 9 nitrogen and oxygen atoms in total. The van der Waals surface area contributed by atoms with Crippen molar-refractivity contribution in [1.82, 2.24) is 5.32 Å². The molecule has 0 bridgehead atoms. The van der Waals surface area contributed by atoms with E-state index in [1.165, 1.54) is 13.8 Å². The number of hydrogen-bond acceptors (Lipinski definition) is 8. The summed E-state index contributed by atoms with van der Waals surface area (Å²) in [4.78, 5) is 32.2. The van der Waals surface area contributed by atoms with Gasteiger partial charge < -0.3 is 15.5 Å². The van der Waals surface area contributed by atoms with Gasteiger partial charge >= 0.3 is 8.17 Å². The first kappa shape index (κ1) is 19.3. The Kier molecular flexibility index (Phi) is 8.29. The van der Waals surface area contributed by atoms with Crippen LogP contribution < -0.4 is 5.32 Å². The van der Waals surface area contributed by atoms with Gasteiger partial charge in [-0.3, -0.25) is 9.59 Å². The molecule has 0 aromatic carbocycles. The number of carbonyl (C=O) groups excluding carboxylic acids is 2. The van der Waals surface area contributed by atoms with Gasteiger partial charge in [0, 0.05) is 6.92 Å². The summed E-state index contributed by atoms with van der Waals surface area (Å²) >= 11 is 0. The molecule has 0 aromatic rings. The topological polar surface area (TPSA) is 135 Å². The normalized spacial score (nSPS) is 16.4. The van der Waals surface area contributed by atoms with Crippen molar-refractivity contribution >= 4 is 19.9 Å². The summed E-state index contributed by atoms with van der Waals surface area (Å²) < 4.78 is 13.9. The lowest BCUT2D eigenvalue weighted by molar-refractivity contribution is -0.134. The highest BCUT2D eigenvalue weighted by molar-refractivity contribution is 7.55. The molecule has 20 heavy (non-hydrogen) atoms. The zero-order valence-corrected chi connectivity index (χ0v) is 12.7. The average Bonchev–Trinajstić information content (AvgIpc) is 2.40. The number of Topliss-reactive ketones (excluding diaryl/α,β-unsaturated/α-hetero) is 1. The van der Waals surface area contributed by atoms with Crippen molar-refractivity contribution in [2.75, 3.05) is 20.8 Å². The van der Waals surface area contributed by atoms with Crippen molar-refractivity contribution in [2.24, 2.45) is 0 Å². The zero-order chi connectivity index (χ0) is 15.9. The molecule has 1 amide bonds. The Morgan fingerprint density at radius 3 is 2.10 bits per heavy atom. The third-order valence-electron chi connectivity index (χ3n) is 2.39. The minimum absolute atomic E-state index is 0.513. The molecule has 0 aliphatic carbocycles. The van der Waals surface area contributed by atoms with Crippen molar-refractivity contribution in [2.45, 2.75) is 32.1 Å². The lowest BCUT2D eigenvalue weighted by atomic mass is 10.0. The van der Waals surface area contributed by atoms with Crippen LogP contribution in [0.4, 0.5) is 0 Å². The van der Waals surface area contributed by atoms with Crippen LogP contribution in [0.2, 0.25) is 0 Å². The Bertz CT molecular complexity index is 333. The van der Waals surface area contributed by atoms with Gasteiger partial charge in [0.15, 0.2) is 12.4 Å².